The molecule has 7 heteroatoms. The van der Waals surface area contributed by atoms with E-state index in [0.29, 0.717) is 5.16 Å². The second kappa shape index (κ2) is 7.82. The number of halogens is 2. The fraction of sp³-hybridized carbons (Fsp3) is 0.0476. The topological polar surface area (TPSA) is 57.8 Å². The molecular formula is C21H15F2N3OS. The summed E-state index contributed by atoms with van der Waals surface area (Å²) in [7, 11) is 0. The lowest BCUT2D eigenvalue weighted by molar-refractivity contribution is -0.115. The van der Waals surface area contributed by atoms with Gasteiger partial charge in [-0.05, 0) is 29.8 Å². The van der Waals surface area contributed by atoms with Gasteiger partial charge in [0.1, 0.15) is 5.25 Å². The summed E-state index contributed by atoms with van der Waals surface area (Å²) in [6.45, 7) is 0. The number of anilines is 1. The van der Waals surface area contributed by atoms with Crippen molar-refractivity contribution in [3.05, 3.63) is 90.0 Å². The van der Waals surface area contributed by atoms with Crippen molar-refractivity contribution in [3.8, 4) is 0 Å². The number of para-hydroxylation sites is 2. The Balaban J connectivity index is 1.63. The van der Waals surface area contributed by atoms with Crippen LogP contribution in [0.15, 0.2) is 78.0 Å². The van der Waals surface area contributed by atoms with Gasteiger partial charge in [0.15, 0.2) is 16.8 Å². The van der Waals surface area contributed by atoms with Crippen molar-refractivity contribution in [2.24, 2.45) is 0 Å². The summed E-state index contributed by atoms with van der Waals surface area (Å²) in [6, 6.07) is 20.1. The number of aromatic amines is 1. The number of nitrogens with zero attached hydrogens (tertiary/aromatic N) is 1. The van der Waals surface area contributed by atoms with Crippen LogP contribution in [0.25, 0.3) is 11.0 Å². The normalized spacial score (nSPS) is 12.1. The number of thioether (sulfide) groups is 1. The highest BCUT2D eigenvalue weighted by atomic mass is 32.2. The van der Waals surface area contributed by atoms with Crippen LogP contribution in [0.2, 0.25) is 0 Å². The lowest BCUT2D eigenvalue weighted by Crippen LogP contribution is -2.19. The molecule has 1 aromatic heterocycles. The van der Waals surface area contributed by atoms with E-state index in [9.17, 15) is 13.6 Å². The number of rotatable bonds is 5. The van der Waals surface area contributed by atoms with Crippen molar-refractivity contribution in [1.82, 2.24) is 9.97 Å². The lowest BCUT2D eigenvalue weighted by Gasteiger charge is -2.16. The molecular weight excluding hydrogens is 380 g/mol. The van der Waals surface area contributed by atoms with E-state index in [-0.39, 0.29) is 11.6 Å². The lowest BCUT2D eigenvalue weighted by atomic mass is 10.1. The number of hydrogen-bond donors (Lipinski definition) is 2. The molecule has 4 aromatic rings. The maximum atomic E-state index is 13.5. The Labute approximate surface area is 164 Å². The predicted molar refractivity (Wildman–Crippen MR) is 106 cm³/mol. The second-order valence-corrected chi connectivity index (χ2v) is 7.18. The Morgan fingerprint density at radius 3 is 2.46 bits per heavy atom. The molecule has 0 fully saturated rings. The quantitative estimate of drug-likeness (QED) is 0.450. The van der Waals surface area contributed by atoms with Crippen LogP contribution in [-0.4, -0.2) is 15.9 Å². The molecule has 0 saturated heterocycles. The Morgan fingerprint density at radius 2 is 1.71 bits per heavy atom. The van der Waals surface area contributed by atoms with E-state index in [1.165, 1.54) is 17.8 Å². The van der Waals surface area contributed by atoms with E-state index in [1.807, 2.05) is 54.6 Å². The number of hydrogen-bond acceptors (Lipinski definition) is 3. The Hall–Kier alpha value is -3.19. The first-order valence-electron chi connectivity index (χ1n) is 8.52. The minimum Gasteiger partial charge on any atom is -0.333 e. The molecule has 0 spiro atoms. The first kappa shape index (κ1) is 18.2. The van der Waals surface area contributed by atoms with Gasteiger partial charge in [-0.2, -0.15) is 0 Å². The van der Waals surface area contributed by atoms with E-state index >= 15 is 0 Å². The average molecular weight is 395 g/mol. The third-order valence-corrected chi connectivity index (χ3v) is 5.26. The zero-order chi connectivity index (χ0) is 19.5. The van der Waals surface area contributed by atoms with Gasteiger partial charge in [-0.15, -0.1) is 0 Å². The van der Waals surface area contributed by atoms with Crippen LogP contribution in [-0.2, 0) is 4.79 Å². The van der Waals surface area contributed by atoms with Crippen LogP contribution in [0.1, 0.15) is 10.8 Å². The first-order chi connectivity index (χ1) is 13.6. The van der Waals surface area contributed by atoms with E-state index in [1.54, 1.807) is 0 Å². The van der Waals surface area contributed by atoms with Gasteiger partial charge >= 0.3 is 0 Å². The van der Waals surface area contributed by atoms with Crippen molar-refractivity contribution < 1.29 is 13.6 Å². The van der Waals surface area contributed by atoms with Gasteiger partial charge in [0.2, 0.25) is 5.91 Å². The van der Waals surface area contributed by atoms with Gasteiger partial charge in [0.25, 0.3) is 0 Å². The molecule has 0 aliphatic heterocycles. The Morgan fingerprint density at radius 1 is 0.964 bits per heavy atom. The molecule has 0 unspecified atom stereocenters. The van der Waals surface area contributed by atoms with E-state index < -0.39 is 16.9 Å². The number of H-pyrrole nitrogens is 1. The molecule has 0 aliphatic rings. The number of nitrogens with one attached hydrogen (secondary N) is 2. The van der Waals surface area contributed by atoms with Gasteiger partial charge < -0.3 is 10.3 Å². The summed E-state index contributed by atoms with van der Waals surface area (Å²) in [5.41, 5.74) is 2.64. The molecule has 1 amide bonds. The van der Waals surface area contributed by atoms with Crippen molar-refractivity contribution in [3.63, 3.8) is 0 Å². The second-order valence-electron chi connectivity index (χ2n) is 6.09. The molecule has 0 aliphatic carbocycles. The fourth-order valence-electron chi connectivity index (χ4n) is 2.78. The molecule has 1 heterocycles. The summed E-state index contributed by atoms with van der Waals surface area (Å²) < 4.78 is 26.6. The van der Waals surface area contributed by atoms with Crippen molar-refractivity contribution in [1.29, 1.82) is 0 Å². The zero-order valence-electron chi connectivity index (χ0n) is 14.5. The summed E-state index contributed by atoms with van der Waals surface area (Å²) in [6.07, 6.45) is 0. The molecule has 4 rings (SSSR count). The van der Waals surface area contributed by atoms with Crippen molar-refractivity contribution >= 4 is 34.4 Å². The standard InChI is InChI=1S/C21H15F2N3OS/c22-15-11-10-14(12-16(15)23)24-20(27)19(13-6-2-1-3-7-13)28-21-25-17-8-4-5-9-18(17)26-21/h1-12,19H,(H,24,27)(H,25,26)/t19-/m0/s1. The predicted octanol–water partition coefficient (Wildman–Crippen LogP) is 5.31. The van der Waals surface area contributed by atoms with Crippen LogP contribution in [0, 0.1) is 11.6 Å². The number of aromatic nitrogens is 2. The third-order valence-electron chi connectivity index (χ3n) is 4.12. The fourth-order valence-corrected chi connectivity index (χ4v) is 3.78. The van der Waals surface area contributed by atoms with Gasteiger partial charge in [-0.25, -0.2) is 13.8 Å². The monoisotopic (exact) mass is 395 g/mol. The van der Waals surface area contributed by atoms with Crippen molar-refractivity contribution in [2.45, 2.75) is 10.4 Å². The van der Waals surface area contributed by atoms with Crippen molar-refractivity contribution in [2.75, 3.05) is 5.32 Å². The summed E-state index contributed by atoms with van der Waals surface area (Å²) in [5, 5.41) is 2.62. The van der Waals surface area contributed by atoms with E-state index in [0.717, 1.165) is 28.7 Å². The van der Waals surface area contributed by atoms with Crippen LogP contribution in [0.4, 0.5) is 14.5 Å². The molecule has 4 nitrogen and oxygen atoms in total. The molecule has 3 aromatic carbocycles. The number of carbonyl (C=O) groups excluding carboxylic acids is 1. The van der Waals surface area contributed by atoms with E-state index in [4.69, 9.17) is 0 Å². The maximum Gasteiger partial charge on any atom is 0.242 e. The number of imidazole rings is 1. The smallest absolute Gasteiger partial charge is 0.242 e. The molecule has 0 radical (unpaired) electrons. The third kappa shape index (κ3) is 3.89. The Kier molecular flexibility index (Phi) is 5.08. The van der Waals surface area contributed by atoms with Gasteiger partial charge in [0, 0.05) is 11.8 Å². The van der Waals surface area contributed by atoms with Crippen LogP contribution in [0.3, 0.4) is 0 Å². The molecule has 0 bridgehead atoms. The molecule has 2 N–H and O–H groups in total. The highest BCUT2D eigenvalue weighted by Gasteiger charge is 2.24. The van der Waals surface area contributed by atoms with Crippen LogP contribution in [0.5, 0.6) is 0 Å². The minimum atomic E-state index is -1.01. The highest BCUT2D eigenvalue weighted by molar-refractivity contribution is 8.00. The number of carbonyl (C=O) groups is 1. The van der Waals surface area contributed by atoms with Gasteiger partial charge in [0.05, 0.1) is 11.0 Å². The highest BCUT2D eigenvalue weighted by Crippen LogP contribution is 2.35. The number of fused-ring (bicyclic) bond motifs is 1. The van der Waals surface area contributed by atoms with Gasteiger partial charge in [-0.3, -0.25) is 4.79 Å². The summed E-state index contributed by atoms with van der Waals surface area (Å²) >= 11 is 1.26. The minimum absolute atomic E-state index is 0.190. The number of amides is 1. The summed E-state index contributed by atoms with van der Waals surface area (Å²) in [4.78, 5) is 20.6. The largest absolute Gasteiger partial charge is 0.333 e. The Bertz CT molecular complexity index is 1100. The van der Waals surface area contributed by atoms with Gasteiger partial charge in [-0.1, -0.05) is 54.2 Å². The average Bonchev–Trinajstić information content (AvgIpc) is 3.12. The van der Waals surface area contributed by atoms with Crippen LogP contribution < -0.4 is 5.32 Å². The van der Waals surface area contributed by atoms with E-state index in [2.05, 4.69) is 15.3 Å². The zero-order valence-corrected chi connectivity index (χ0v) is 15.3. The number of benzene rings is 3. The van der Waals surface area contributed by atoms with Crippen LogP contribution >= 0.6 is 11.8 Å². The molecule has 28 heavy (non-hydrogen) atoms. The summed E-state index contributed by atoms with van der Waals surface area (Å²) in [5.74, 6) is -2.34. The molecule has 1 atom stereocenters. The maximum absolute atomic E-state index is 13.5. The molecule has 140 valence electrons. The molecule has 0 saturated carbocycles. The first-order valence-corrected chi connectivity index (χ1v) is 9.40. The SMILES string of the molecule is O=C(Nc1ccc(F)c(F)c1)[C@@H](Sc1nc2ccccc2[nH]1)c1ccccc1.